The van der Waals surface area contributed by atoms with Crippen molar-refractivity contribution < 1.29 is 9.53 Å². The molecule has 31 heavy (non-hydrogen) atoms. The second-order valence-corrected chi connectivity index (χ2v) is 7.33. The van der Waals surface area contributed by atoms with Gasteiger partial charge in [0.15, 0.2) is 5.65 Å². The van der Waals surface area contributed by atoms with E-state index in [0.29, 0.717) is 22.5 Å². The lowest BCUT2D eigenvalue weighted by Crippen LogP contribution is -2.29. The molecule has 0 radical (unpaired) electrons. The minimum absolute atomic E-state index is 0.254. The number of benzene rings is 1. The molecule has 6 heteroatoms. The second kappa shape index (κ2) is 8.41. The zero-order valence-corrected chi connectivity index (χ0v) is 17.6. The molecule has 1 aliphatic rings. The average molecular weight is 410 g/mol. The normalized spacial score (nSPS) is 16.1. The molecule has 1 unspecified atom stereocenters. The van der Waals surface area contributed by atoms with Gasteiger partial charge in [0.25, 0.3) is 0 Å². The van der Waals surface area contributed by atoms with E-state index in [-0.39, 0.29) is 6.61 Å². The SMILES string of the molecule is CCOC(=O)C1=C(C)NC(C)=C(C#N)C1c1ccnc2ncc(-c3ccccc3)cc12. The summed E-state index contributed by atoms with van der Waals surface area (Å²) in [5.41, 5.74) is 5.64. The smallest absolute Gasteiger partial charge is 0.336 e. The largest absolute Gasteiger partial charge is 0.463 e. The van der Waals surface area contributed by atoms with Crippen LogP contribution in [0.5, 0.6) is 0 Å². The van der Waals surface area contributed by atoms with Gasteiger partial charge in [0.1, 0.15) is 0 Å². The number of rotatable bonds is 4. The van der Waals surface area contributed by atoms with Gasteiger partial charge in [0.05, 0.1) is 29.7 Å². The minimum Gasteiger partial charge on any atom is -0.463 e. The number of pyridine rings is 2. The van der Waals surface area contributed by atoms with Gasteiger partial charge in [-0.3, -0.25) is 0 Å². The number of nitrogens with zero attached hydrogens (tertiary/aromatic N) is 3. The maximum Gasteiger partial charge on any atom is 0.336 e. The number of carbonyl (C=O) groups is 1. The lowest BCUT2D eigenvalue weighted by atomic mass is 9.80. The van der Waals surface area contributed by atoms with E-state index in [2.05, 4.69) is 21.4 Å². The van der Waals surface area contributed by atoms with Crippen molar-refractivity contribution in [3.8, 4) is 17.2 Å². The van der Waals surface area contributed by atoms with Crippen molar-refractivity contribution in [2.24, 2.45) is 0 Å². The van der Waals surface area contributed by atoms with Crippen molar-refractivity contribution in [1.29, 1.82) is 5.26 Å². The maximum atomic E-state index is 12.9. The number of ether oxygens (including phenoxy) is 1. The Bertz CT molecular complexity index is 1270. The molecular formula is C25H22N4O2. The Hall–Kier alpha value is -3.98. The van der Waals surface area contributed by atoms with Crippen molar-refractivity contribution in [2.45, 2.75) is 26.7 Å². The molecule has 2 aromatic heterocycles. The molecule has 0 fully saturated rings. The third-order valence-electron chi connectivity index (χ3n) is 5.42. The number of carbonyl (C=O) groups excluding carboxylic acids is 1. The number of hydrogen-bond donors (Lipinski definition) is 1. The van der Waals surface area contributed by atoms with Gasteiger partial charge < -0.3 is 10.1 Å². The zero-order chi connectivity index (χ0) is 22.0. The number of nitrogens with one attached hydrogen (secondary N) is 1. The minimum atomic E-state index is -0.566. The van der Waals surface area contributed by atoms with E-state index in [1.165, 1.54) is 0 Å². The second-order valence-electron chi connectivity index (χ2n) is 7.33. The van der Waals surface area contributed by atoms with Crippen molar-refractivity contribution in [1.82, 2.24) is 15.3 Å². The Kier molecular flexibility index (Phi) is 5.50. The molecule has 0 bridgehead atoms. The van der Waals surface area contributed by atoms with E-state index in [0.717, 1.165) is 27.8 Å². The molecule has 1 aromatic carbocycles. The molecule has 1 aliphatic heterocycles. The van der Waals surface area contributed by atoms with Gasteiger partial charge in [0, 0.05) is 34.7 Å². The van der Waals surface area contributed by atoms with Gasteiger partial charge in [-0.15, -0.1) is 0 Å². The molecule has 0 saturated heterocycles. The Morgan fingerprint density at radius 3 is 2.61 bits per heavy atom. The van der Waals surface area contributed by atoms with E-state index in [9.17, 15) is 10.1 Å². The summed E-state index contributed by atoms with van der Waals surface area (Å²) in [6.07, 6.45) is 3.45. The zero-order valence-electron chi connectivity index (χ0n) is 17.6. The maximum absolute atomic E-state index is 12.9. The van der Waals surface area contributed by atoms with Crippen LogP contribution in [0.15, 0.2) is 77.4 Å². The van der Waals surface area contributed by atoms with Gasteiger partial charge in [-0.05, 0) is 44.0 Å². The van der Waals surface area contributed by atoms with Crippen LogP contribution in [-0.4, -0.2) is 22.5 Å². The van der Waals surface area contributed by atoms with Gasteiger partial charge in [0.2, 0.25) is 0 Å². The Labute approximate surface area is 180 Å². The average Bonchev–Trinajstić information content (AvgIpc) is 2.78. The summed E-state index contributed by atoms with van der Waals surface area (Å²) in [6, 6.07) is 16.1. The summed E-state index contributed by atoms with van der Waals surface area (Å²) < 4.78 is 5.34. The van der Waals surface area contributed by atoms with Gasteiger partial charge in [-0.25, -0.2) is 14.8 Å². The van der Waals surface area contributed by atoms with Crippen molar-refractivity contribution in [3.63, 3.8) is 0 Å². The topological polar surface area (TPSA) is 87.9 Å². The monoisotopic (exact) mass is 410 g/mol. The first kappa shape index (κ1) is 20.3. The van der Waals surface area contributed by atoms with E-state index < -0.39 is 11.9 Å². The summed E-state index contributed by atoms with van der Waals surface area (Å²) in [5.74, 6) is -1.00. The quantitative estimate of drug-likeness (QED) is 0.632. The molecule has 0 amide bonds. The van der Waals surface area contributed by atoms with Crippen LogP contribution in [0.3, 0.4) is 0 Å². The first-order valence-corrected chi connectivity index (χ1v) is 10.1. The van der Waals surface area contributed by atoms with Gasteiger partial charge in [-0.1, -0.05) is 30.3 Å². The number of dihydropyridines is 1. The summed E-state index contributed by atoms with van der Waals surface area (Å²) in [6.45, 7) is 5.69. The highest BCUT2D eigenvalue weighted by molar-refractivity contribution is 5.95. The molecule has 4 rings (SSSR count). The number of aromatic nitrogens is 2. The number of fused-ring (bicyclic) bond motifs is 1. The van der Waals surface area contributed by atoms with E-state index in [4.69, 9.17) is 4.74 Å². The van der Waals surface area contributed by atoms with Gasteiger partial charge >= 0.3 is 5.97 Å². The lowest BCUT2D eigenvalue weighted by molar-refractivity contribution is -0.138. The van der Waals surface area contributed by atoms with E-state index in [1.807, 2.05) is 56.3 Å². The summed E-state index contributed by atoms with van der Waals surface area (Å²) in [7, 11) is 0. The summed E-state index contributed by atoms with van der Waals surface area (Å²) in [4.78, 5) is 21.9. The molecule has 154 valence electrons. The molecule has 6 nitrogen and oxygen atoms in total. The van der Waals surface area contributed by atoms with Gasteiger partial charge in [-0.2, -0.15) is 5.26 Å². The molecule has 3 aromatic rings. The Morgan fingerprint density at radius 2 is 1.90 bits per heavy atom. The molecule has 1 N–H and O–H groups in total. The fourth-order valence-electron chi connectivity index (χ4n) is 4.02. The summed E-state index contributed by atoms with van der Waals surface area (Å²) >= 11 is 0. The third kappa shape index (κ3) is 3.66. The number of esters is 1. The number of nitriles is 1. The van der Waals surface area contributed by atoms with Crippen LogP contribution in [0.2, 0.25) is 0 Å². The lowest BCUT2D eigenvalue weighted by Gasteiger charge is -2.29. The fraction of sp³-hybridized carbons (Fsp3) is 0.200. The van der Waals surface area contributed by atoms with Crippen molar-refractivity contribution in [3.05, 3.63) is 83.0 Å². The Balaban J connectivity index is 1.97. The first-order chi connectivity index (χ1) is 15.0. The van der Waals surface area contributed by atoms with Crippen LogP contribution in [-0.2, 0) is 9.53 Å². The van der Waals surface area contributed by atoms with Crippen LogP contribution in [0, 0.1) is 11.3 Å². The van der Waals surface area contributed by atoms with Crippen LogP contribution in [0.4, 0.5) is 0 Å². The molecule has 0 spiro atoms. The number of allylic oxidation sites excluding steroid dienone is 3. The Morgan fingerprint density at radius 1 is 1.13 bits per heavy atom. The predicted octanol–water partition coefficient (Wildman–Crippen LogP) is 4.62. The standard InChI is InChI=1S/C25H22N4O2/c1-4-31-25(30)22-16(3)29-15(2)21(13-26)23(22)19-10-11-27-24-20(19)12-18(14-28-24)17-8-6-5-7-9-17/h5-12,14,23,29H,4H2,1-3H3. The van der Waals surface area contributed by atoms with Crippen LogP contribution < -0.4 is 5.32 Å². The highest BCUT2D eigenvalue weighted by atomic mass is 16.5. The molecular weight excluding hydrogens is 388 g/mol. The molecule has 0 saturated carbocycles. The molecule has 1 atom stereocenters. The van der Waals surface area contributed by atoms with Crippen LogP contribution in [0.1, 0.15) is 32.3 Å². The first-order valence-electron chi connectivity index (χ1n) is 10.1. The van der Waals surface area contributed by atoms with Crippen LogP contribution in [0.25, 0.3) is 22.2 Å². The summed E-state index contributed by atoms with van der Waals surface area (Å²) in [5, 5.41) is 13.9. The van der Waals surface area contributed by atoms with E-state index in [1.54, 1.807) is 19.3 Å². The van der Waals surface area contributed by atoms with E-state index >= 15 is 0 Å². The highest BCUT2D eigenvalue weighted by Gasteiger charge is 2.35. The van der Waals surface area contributed by atoms with Crippen molar-refractivity contribution >= 4 is 17.0 Å². The predicted molar refractivity (Wildman–Crippen MR) is 118 cm³/mol. The fourth-order valence-corrected chi connectivity index (χ4v) is 4.02. The highest BCUT2D eigenvalue weighted by Crippen LogP contribution is 2.41. The van der Waals surface area contributed by atoms with Crippen molar-refractivity contribution in [2.75, 3.05) is 6.61 Å². The molecule has 0 aliphatic carbocycles. The number of hydrogen-bond acceptors (Lipinski definition) is 6. The van der Waals surface area contributed by atoms with Crippen LogP contribution >= 0.6 is 0 Å². The molecule has 3 heterocycles. The third-order valence-corrected chi connectivity index (χ3v) is 5.42.